The van der Waals surface area contributed by atoms with Crippen molar-refractivity contribution in [2.75, 3.05) is 6.61 Å². The van der Waals surface area contributed by atoms with Crippen molar-refractivity contribution in [1.82, 2.24) is 0 Å². The molecule has 1 rings (SSSR count). The van der Waals surface area contributed by atoms with Crippen molar-refractivity contribution >= 4 is 0 Å². The van der Waals surface area contributed by atoms with Crippen LogP contribution in [0, 0.1) is 11.8 Å². The third-order valence-electron chi connectivity index (χ3n) is 2.61. The van der Waals surface area contributed by atoms with Crippen molar-refractivity contribution in [3.05, 3.63) is 0 Å². The van der Waals surface area contributed by atoms with E-state index in [1.165, 1.54) is 6.42 Å². The lowest BCUT2D eigenvalue weighted by molar-refractivity contribution is -0.248. The zero-order valence-corrected chi connectivity index (χ0v) is 10.1. The first-order valence-electron chi connectivity index (χ1n) is 5.61. The molecule has 0 bridgehead atoms. The highest BCUT2D eigenvalue weighted by Crippen LogP contribution is 2.28. The number of aliphatic hydroxyl groups excluding tert-OH is 3. The third-order valence-corrected chi connectivity index (χ3v) is 2.61. The molecule has 0 amide bonds. The van der Waals surface area contributed by atoms with Gasteiger partial charge in [0.2, 0.25) is 0 Å². The smallest absolute Gasteiger partial charge is 0.160 e. The molecule has 4 heteroatoms. The van der Waals surface area contributed by atoms with E-state index in [-0.39, 0.29) is 18.4 Å². The molecule has 15 heavy (non-hydrogen) atoms. The summed E-state index contributed by atoms with van der Waals surface area (Å²) in [4.78, 5) is 0. The van der Waals surface area contributed by atoms with Gasteiger partial charge in [-0.25, -0.2) is 0 Å². The van der Waals surface area contributed by atoms with E-state index in [1.54, 1.807) is 13.8 Å². The summed E-state index contributed by atoms with van der Waals surface area (Å²) in [6, 6.07) is 0. The quantitative estimate of drug-likeness (QED) is 0.610. The molecule has 3 N–H and O–H groups in total. The summed E-state index contributed by atoms with van der Waals surface area (Å²) in [6.45, 7) is 7.61. The molecule has 1 saturated heterocycles. The molecule has 1 aliphatic rings. The minimum absolute atomic E-state index is 0.131. The fourth-order valence-corrected chi connectivity index (χ4v) is 1.50. The Labute approximate surface area is 91.9 Å². The van der Waals surface area contributed by atoms with Gasteiger partial charge in [-0.2, -0.15) is 0 Å². The van der Waals surface area contributed by atoms with Crippen LogP contribution >= 0.6 is 0 Å². The molecule has 92 valence electrons. The zero-order valence-electron chi connectivity index (χ0n) is 10.1. The van der Waals surface area contributed by atoms with Crippen LogP contribution in [-0.4, -0.2) is 40.4 Å². The van der Waals surface area contributed by atoms with Gasteiger partial charge in [0.15, 0.2) is 6.29 Å². The Bertz CT molecular complexity index is 158. The highest BCUT2D eigenvalue weighted by Gasteiger charge is 2.39. The van der Waals surface area contributed by atoms with Crippen molar-refractivity contribution < 1.29 is 20.1 Å². The van der Waals surface area contributed by atoms with Crippen molar-refractivity contribution in [2.24, 2.45) is 11.8 Å². The lowest BCUT2D eigenvalue weighted by Gasteiger charge is -2.39. The Morgan fingerprint density at radius 3 is 1.93 bits per heavy atom. The van der Waals surface area contributed by atoms with E-state index in [9.17, 15) is 10.2 Å². The lowest BCUT2D eigenvalue weighted by atomic mass is 9.86. The molecule has 0 saturated carbocycles. The van der Waals surface area contributed by atoms with Crippen molar-refractivity contribution in [3.8, 4) is 0 Å². The highest BCUT2D eigenvalue weighted by molar-refractivity contribution is 4.83. The van der Waals surface area contributed by atoms with Gasteiger partial charge in [-0.05, 0) is 0 Å². The molecule has 4 nitrogen and oxygen atoms in total. The minimum atomic E-state index is -0.964. The maximum Gasteiger partial charge on any atom is 0.160 e. The van der Waals surface area contributed by atoms with E-state index in [2.05, 4.69) is 13.8 Å². The first kappa shape index (κ1) is 14.8. The van der Waals surface area contributed by atoms with E-state index in [4.69, 9.17) is 9.84 Å². The molecule has 1 heterocycles. The Kier molecular flexibility index (Phi) is 7.09. The van der Waals surface area contributed by atoms with Gasteiger partial charge >= 0.3 is 0 Å². The molecule has 0 aromatic heterocycles. The summed E-state index contributed by atoms with van der Waals surface area (Å²) < 4.78 is 5.08. The van der Waals surface area contributed by atoms with Gasteiger partial charge in [0.1, 0.15) is 0 Å². The van der Waals surface area contributed by atoms with Crippen LogP contribution in [0.1, 0.15) is 34.1 Å². The molecule has 5 atom stereocenters. The first-order chi connectivity index (χ1) is 6.99. The van der Waals surface area contributed by atoms with Gasteiger partial charge in [-0.3, -0.25) is 0 Å². The molecule has 1 aliphatic heterocycles. The Balaban J connectivity index is 0.000000583. The van der Waals surface area contributed by atoms with Gasteiger partial charge in [0.25, 0.3) is 0 Å². The third kappa shape index (κ3) is 4.07. The SMILES string of the molecule is CCC.C[C@@H]1[C@@H](O)[C@H](C)[C@H](O)O[C@H]1CO. The van der Waals surface area contributed by atoms with Crippen LogP contribution in [0.2, 0.25) is 0 Å². The van der Waals surface area contributed by atoms with Crippen molar-refractivity contribution in [3.63, 3.8) is 0 Å². The highest BCUT2D eigenvalue weighted by atomic mass is 16.6. The summed E-state index contributed by atoms with van der Waals surface area (Å²) in [5.41, 5.74) is 0. The average Bonchev–Trinajstić information content (AvgIpc) is 2.21. The molecule has 1 fully saturated rings. The Hall–Kier alpha value is -0.160. The van der Waals surface area contributed by atoms with Crippen molar-refractivity contribution in [1.29, 1.82) is 0 Å². The van der Waals surface area contributed by atoms with Crippen LogP contribution in [0.5, 0.6) is 0 Å². The molecular weight excluding hydrogens is 196 g/mol. The van der Waals surface area contributed by atoms with Gasteiger partial charge in [0.05, 0.1) is 18.8 Å². The van der Waals surface area contributed by atoms with E-state index in [1.807, 2.05) is 0 Å². The number of ether oxygens (including phenoxy) is 1. The van der Waals surface area contributed by atoms with Crippen LogP contribution in [-0.2, 0) is 4.74 Å². The van der Waals surface area contributed by atoms with Crippen LogP contribution in [0.3, 0.4) is 0 Å². The average molecular weight is 220 g/mol. The fourth-order valence-electron chi connectivity index (χ4n) is 1.50. The second-order valence-corrected chi connectivity index (χ2v) is 4.16. The molecule has 0 unspecified atom stereocenters. The van der Waals surface area contributed by atoms with Crippen molar-refractivity contribution in [2.45, 2.75) is 52.6 Å². The zero-order chi connectivity index (χ0) is 12.0. The molecule has 0 radical (unpaired) electrons. The van der Waals surface area contributed by atoms with Gasteiger partial charge in [-0.1, -0.05) is 34.1 Å². The fraction of sp³-hybridized carbons (Fsp3) is 1.00. The van der Waals surface area contributed by atoms with Crippen LogP contribution in [0.15, 0.2) is 0 Å². The monoisotopic (exact) mass is 220 g/mol. The lowest BCUT2D eigenvalue weighted by Crippen LogP contribution is -2.50. The topological polar surface area (TPSA) is 69.9 Å². The maximum atomic E-state index is 9.57. The maximum absolute atomic E-state index is 9.57. The second-order valence-electron chi connectivity index (χ2n) is 4.16. The summed E-state index contributed by atoms with van der Waals surface area (Å²) in [5, 5.41) is 27.7. The number of hydrogen-bond acceptors (Lipinski definition) is 4. The van der Waals surface area contributed by atoms with E-state index >= 15 is 0 Å². The van der Waals surface area contributed by atoms with Gasteiger partial charge in [0, 0.05) is 11.8 Å². The number of hydrogen-bond donors (Lipinski definition) is 3. The summed E-state index contributed by atoms with van der Waals surface area (Å²) in [7, 11) is 0. The largest absolute Gasteiger partial charge is 0.394 e. The summed E-state index contributed by atoms with van der Waals surface area (Å²) in [6.07, 6.45) is -0.773. The first-order valence-corrected chi connectivity index (χ1v) is 5.61. The van der Waals surface area contributed by atoms with Gasteiger partial charge < -0.3 is 20.1 Å². The molecule has 0 aliphatic carbocycles. The van der Waals surface area contributed by atoms with Crippen LogP contribution < -0.4 is 0 Å². The summed E-state index contributed by atoms with van der Waals surface area (Å²) >= 11 is 0. The Morgan fingerprint density at radius 2 is 1.53 bits per heavy atom. The van der Waals surface area contributed by atoms with Crippen LogP contribution in [0.4, 0.5) is 0 Å². The predicted molar refractivity (Wildman–Crippen MR) is 58.3 cm³/mol. The van der Waals surface area contributed by atoms with E-state index < -0.39 is 18.5 Å². The molecule has 0 aromatic rings. The van der Waals surface area contributed by atoms with Gasteiger partial charge in [-0.15, -0.1) is 0 Å². The van der Waals surface area contributed by atoms with Crippen LogP contribution in [0.25, 0.3) is 0 Å². The molecule has 0 aromatic carbocycles. The second kappa shape index (κ2) is 7.17. The summed E-state index contributed by atoms with van der Waals surface area (Å²) in [5.74, 6) is -0.420. The standard InChI is InChI=1S/C8H16O4.C3H8/c1-4-6(3-9)12-8(11)5(2)7(4)10;1-3-2/h4-11H,3H2,1-2H3;3H2,1-2H3/t4-,5-,6-,7+,8+;/m0./s1. The van der Waals surface area contributed by atoms with E-state index in [0.29, 0.717) is 0 Å². The molecule has 0 spiro atoms. The normalized spacial score (nSPS) is 40.6. The number of aliphatic hydroxyl groups is 3. The Morgan fingerprint density at radius 1 is 1.07 bits per heavy atom. The molecular formula is C11H24O4. The van der Waals surface area contributed by atoms with E-state index in [0.717, 1.165) is 0 Å². The number of rotatable bonds is 1. The predicted octanol–water partition coefficient (Wildman–Crippen LogP) is 0.745. The minimum Gasteiger partial charge on any atom is -0.394 e.